The van der Waals surface area contributed by atoms with Crippen LogP contribution in [0.1, 0.15) is 19.8 Å². The van der Waals surface area contributed by atoms with Crippen molar-refractivity contribution in [3.63, 3.8) is 0 Å². The van der Waals surface area contributed by atoms with Gasteiger partial charge in [-0.3, -0.25) is 9.69 Å². The van der Waals surface area contributed by atoms with E-state index in [0.29, 0.717) is 0 Å². The Morgan fingerprint density at radius 1 is 1.12 bits per heavy atom. The Hall–Kier alpha value is -0.610. The molecule has 0 N–H and O–H groups in total. The van der Waals surface area contributed by atoms with E-state index in [2.05, 4.69) is 16.7 Å². The summed E-state index contributed by atoms with van der Waals surface area (Å²) in [6.45, 7) is 11.2. The summed E-state index contributed by atoms with van der Waals surface area (Å²) in [6.07, 6.45) is 3.72. The Morgan fingerprint density at radius 2 is 1.88 bits per heavy atom. The Balaban J connectivity index is 1.72. The smallest absolute Gasteiger partial charge is 0.209 e. The zero-order valence-corrected chi connectivity index (χ0v) is 11.0. The SMILES string of the molecule is CCN1CCC[C@H](CN2CCN(C=O)CC2)C1. The number of rotatable bonds is 4. The van der Waals surface area contributed by atoms with Gasteiger partial charge >= 0.3 is 0 Å². The molecule has 0 unspecified atom stereocenters. The first-order valence-corrected chi connectivity index (χ1v) is 6.96. The zero-order chi connectivity index (χ0) is 12.1. The van der Waals surface area contributed by atoms with Gasteiger partial charge in [0.2, 0.25) is 6.41 Å². The fourth-order valence-corrected chi connectivity index (χ4v) is 3.00. The van der Waals surface area contributed by atoms with Crippen molar-refractivity contribution in [3.8, 4) is 0 Å². The molecule has 17 heavy (non-hydrogen) atoms. The number of carbonyl (C=O) groups is 1. The molecular weight excluding hydrogens is 214 g/mol. The minimum Gasteiger partial charge on any atom is -0.343 e. The summed E-state index contributed by atoms with van der Waals surface area (Å²) in [5.74, 6) is 0.839. The third-order valence-corrected chi connectivity index (χ3v) is 4.12. The normalized spacial score (nSPS) is 28.3. The number of piperidine rings is 1. The minimum atomic E-state index is 0.839. The average Bonchev–Trinajstić information content (AvgIpc) is 2.40. The van der Waals surface area contributed by atoms with Crippen molar-refractivity contribution in [2.45, 2.75) is 19.8 Å². The summed E-state index contributed by atoms with van der Waals surface area (Å²) >= 11 is 0. The quantitative estimate of drug-likeness (QED) is 0.668. The molecule has 2 fully saturated rings. The number of likely N-dealkylation sites (tertiary alicyclic amines) is 1. The number of carbonyl (C=O) groups excluding carboxylic acids is 1. The van der Waals surface area contributed by atoms with Crippen molar-refractivity contribution in [2.75, 3.05) is 52.4 Å². The number of nitrogens with zero attached hydrogens (tertiary/aromatic N) is 3. The minimum absolute atomic E-state index is 0.839. The lowest BCUT2D eigenvalue weighted by Gasteiger charge is -2.38. The van der Waals surface area contributed by atoms with Crippen LogP contribution in [0.4, 0.5) is 0 Å². The van der Waals surface area contributed by atoms with Gasteiger partial charge in [-0.2, -0.15) is 0 Å². The number of piperazine rings is 1. The van der Waals surface area contributed by atoms with E-state index >= 15 is 0 Å². The molecule has 0 radical (unpaired) electrons. The second-order valence-electron chi connectivity index (χ2n) is 5.34. The number of hydrogen-bond donors (Lipinski definition) is 0. The molecule has 2 aliphatic rings. The molecule has 1 atom stereocenters. The van der Waals surface area contributed by atoms with Gasteiger partial charge in [0, 0.05) is 39.3 Å². The largest absolute Gasteiger partial charge is 0.343 e. The van der Waals surface area contributed by atoms with E-state index < -0.39 is 0 Å². The van der Waals surface area contributed by atoms with Gasteiger partial charge in [0.1, 0.15) is 0 Å². The third-order valence-electron chi connectivity index (χ3n) is 4.12. The van der Waals surface area contributed by atoms with Crippen LogP contribution in [0.5, 0.6) is 0 Å². The highest BCUT2D eigenvalue weighted by Gasteiger charge is 2.23. The first-order chi connectivity index (χ1) is 8.31. The van der Waals surface area contributed by atoms with Crippen LogP contribution in [0.3, 0.4) is 0 Å². The molecule has 2 aliphatic heterocycles. The molecule has 2 rings (SSSR count). The van der Waals surface area contributed by atoms with Crippen molar-refractivity contribution in [1.29, 1.82) is 0 Å². The van der Waals surface area contributed by atoms with Crippen LogP contribution in [0, 0.1) is 5.92 Å². The van der Waals surface area contributed by atoms with Crippen LogP contribution in [-0.4, -0.2) is 73.5 Å². The highest BCUT2D eigenvalue weighted by Crippen LogP contribution is 2.17. The summed E-state index contributed by atoms with van der Waals surface area (Å²) in [7, 11) is 0. The summed E-state index contributed by atoms with van der Waals surface area (Å²) in [5.41, 5.74) is 0. The molecule has 1 amide bonds. The van der Waals surface area contributed by atoms with Crippen molar-refractivity contribution in [3.05, 3.63) is 0 Å². The summed E-state index contributed by atoms with van der Waals surface area (Å²) in [4.78, 5) is 17.6. The molecule has 2 heterocycles. The highest BCUT2D eigenvalue weighted by molar-refractivity contribution is 5.47. The van der Waals surface area contributed by atoms with E-state index in [1.807, 2.05) is 4.90 Å². The second kappa shape index (κ2) is 6.36. The van der Waals surface area contributed by atoms with Crippen LogP contribution in [0.2, 0.25) is 0 Å². The lowest BCUT2D eigenvalue weighted by atomic mass is 9.97. The standard InChI is InChI=1S/C13H25N3O/c1-2-14-5-3-4-13(10-14)11-15-6-8-16(12-17)9-7-15/h12-13H,2-11H2,1H3/t13-/m0/s1. The molecule has 2 saturated heterocycles. The molecule has 4 heteroatoms. The fraction of sp³-hybridized carbons (Fsp3) is 0.923. The Morgan fingerprint density at radius 3 is 2.53 bits per heavy atom. The molecule has 4 nitrogen and oxygen atoms in total. The molecule has 0 aromatic rings. The topological polar surface area (TPSA) is 26.8 Å². The Bertz CT molecular complexity index is 239. The lowest BCUT2D eigenvalue weighted by Crippen LogP contribution is -2.49. The average molecular weight is 239 g/mol. The highest BCUT2D eigenvalue weighted by atomic mass is 16.1. The van der Waals surface area contributed by atoms with Crippen LogP contribution in [-0.2, 0) is 4.79 Å². The van der Waals surface area contributed by atoms with Gasteiger partial charge in [0.05, 0.1) is 0 Å². The van der Waals surface area contributed by atoms with Crippen LogP contribution in [0.15, 0.2) is 0 Å². The Labute approximate surface area is 105 Å². The Kier molecular flexibility index (Phi) is 4.80. The van der Waals surface area contributed by atoms with E-state index in [9.17, 15) is 4.79 Å². The predicted octanol–water partition coefficient (Wildman–Crippen LogP) is 0.492. The van der Waals surface area contributed by atoms with Crippen LogP contribution in [0.25, 0.3) is 0 Å². The lowest BCUT2D eigenvalue weighted by molar-refractivity contribution is -0.119. The van der Waals surface area contributed by atoms with Crippen molar-refractivity contribution in [1.82, 2.24) is 14.7 Å². The summed E-state index contributed by atoms with van der Waals surface area (Å²) in [5, 5.41) is 0. The molecule has 0 aliphatic carbocycles. The van der Waals surface area contributed by atoms with Crippen molar-refractivity contribution < 1.29 is 4.79 Å². The zero-order valence-electron chi connectivity index (χ0n) is 11.0. The third kappa shape index (κ3) is 3.68. The maximum Gasteiger partial charge on any atom is 0.209 e. The maximum absolute atomic E-state index is 10.6. The summed E-state index contributed by atoms with van der Waals surface area (Å²) < 4.78 is 0. The molecule has 0 spiro atoms. The van der Waals surface area contributed by atoms with E-state index in [-0.39, 0.29) is 0 Å². The van der Waals surface area contributed by atoms with E-state index in [4.69, 9.17) is 0 Å². The van der Waals surface area contributed by atoms with E-state index in [1.165, 1.54) is 39.0 Å². The molecule has 0 aromatic heterocycles. The monoisotopic (exact) mass is 239 g/mol. The molecular formula is C13H25N3O. The van der Waals surface area contributed by atoms with Gasteiger partial charge in [-0.25, -0.2) is 0 Å². The van der Waals surface area contributed by atoms with Gasteiger partial charge < -0.3 is 9.80 Å². The first-order valence-electron chi connectivity index (χ1n) is 6.96. The van der Waals surface area contributed by atoms with Crippen molar-refractivity contribution >= 4 is 6.41 Å². The fourth-order valence-electron chi connectivity index (χ4n) is 3.00. The maximum atomic E-state index is 10.6. The molecule has 0 saturated carbocycles. The van der Waals surface area contributed by atoms with Crippen LogP contribution >= 0.6 is 0 Å². The van der Waals surface area contributed by atoms with Crippen molar-refractivity contribution in [2.24, 2.45) is 5.92 Å². The van der Waals surface area contributed by atoms with E-state index in [0.717, 1.165) is 38.5 Å². The van der Waals surface area contributed by atoms with Gasteiger partial charge in [-0.15, -0.1) is 0 Å². The number of amides is 1. The van der Waals surface area contributed by atoms with Crippen LogP contribution < -0.4 is 0 Å². The molecule has 98 valence electrons. The van der Waals surface area contributed by atoms with E-state index in [1.54, 1.807) is 0 Å². The second-order valence-corrected chi connectivity index (χ2v) is 5.34. The first kappa shape index (κ1) is 12.8. The predicted molar refractivity (Wildman–Crippen MR) is 68.9 cm³/mol. The van der Waals surface area contributed by atoms with Gasteiger partial charge in [-0.05, 0) is 31.8 Å². The molecule has 0 aromatic carbocycles. The van der Waals surface area contributed by atoms with Gasteiger partial charge in [0.15, 0.2) is 0 Å². The molecule has 0 bridgehead atoms. The summed E-state index contributed by atoms with van der Waals surface area (Å²) in [6, 6.07) is 0. The number of hydrogen-bond acceptors (Lipinski definition) is 3. The van der Waals surface area contributed by atoms with Gasteiger partial charge in [-0.1, -0.05) is 6.92 Å². The van der Waals surface area contributed by atoms with Gasteiger partial charge in [0.25, 0.3) is 0 Å².